The van der Waals surface area contributed by atoms with Gasteiger partial charge in [-0.05, 0) is 37.0 Å². The van der Waals surface area contributed by atoms with Crippen LogP contribution >= 0.6 is 0 Å². The molecule has 2 N–H and O–H groups in total. The molecule has 17 heavy (non-hydrogen) atoms. The van der Waals surface area contributed by atoms with E-state index < -0.39 is 0 Å². The molecule has 0 bridgehead atoms. The van der Waals surface area contributed by atoms with Crippen LogP contribution in [0.25, 0.3) is 0 Å². The topological polar surface area (TPSA) is 50.4 Å². The van der Waals surface area contributed by atoms with Crippen molar-refractivity contribution >= 4 is 5.91 Å². The summed E-state index contributed by atoms with van der Waals surface area (Å²) < 4.78 is 5.31. The molecule has 0 aromatic heterocycles. The van der Waals surface area contributed by atoms with Crippen LogP contribution in [-0.2, 0) is 11.2 Å². The number of benzene rings is 1. The van der Waals surface area contributed by atoms with Crippen molar-refractivity contribution in [3.05, 3.63) is 28.8 Å². The van der Waals surface area contributed by atoms with Crippen LogP contribution in [0.5, 0.6) is 5.75 Å². The predicted octanol–water partition coefficient (Wildman–Crippen LogP) is 1.50. The lowest BCUT2D eigenvalue weighted by atomic mass is 10.0. The zero-order valence-electron chi connectivity index (χ0n) is 10.9. The highest BCUT2D eigenvalue weighted by Gasteiger charge is 2.06. The van der Waals surface area contributed by atoms with Gasteiger partial charge in [-0.1, -0.05) is 12.1 Å². The number of ether oxygens (including phenoxy) is 1. The lowest BCUT2D eigenvalue weighted by Gasteiger charge is -2.11. The molecule has 1 rings (SSSR count). The maximum Gasteiger partial charge on any atom is 0.234 e. The first-order valence-corrected chi connectivity index (χ1v) is 5.68. The summed E-state index contributed by atoms with van der Waals surface area (Å²) in [7, 11) is 3.36. The average molecular weight is 236 g/mol. The molecule has 0 unspecified atom stereocenters. The number of hydrogen-bond acceptors (Lipinski definition) is 3. The smallest absolute Gasteiger partial charge is 0.234 e. The monoisotopic (exact) mass is 236 g/mol. The van der Waals surface area contributed by atoms with Crippen molar-refractivity contribution in [1.82, 2.24) is 10.9 Å². The molecule has 0 heterocycles. The fourth-order valence-electron chi connectivity index (χ4n) is 1.97. The Bertz CT molecular complexity index is 379. The van der Waals surface area contributed by atoms with Crippen LogP contribution < -0.4 is 15.6 Å². The van der Waals surface area contributed by atoms with Crippen LogP contribution in [0.2, 0.25) is 0 Å². The van der Waals surface area contributed by atoms with Crippen LogP contribution in [0, 0.1) is 13.8 Å². The van der Waals surface area contributed by atoms with Gasteiger partial charge in [-0.15, -0.1) is 0 Å². The zero-order chi connectivity index (χ0) is 12.8. The van der Waals surface area contributed by atoms with E-state index in [0.29, 0.717) is 6.42 Å². The molecule has 0 fully saturated rings. The highest BCUT2D eigenvalue weighted by molar-refractivity contribution is 5.75. The summed E-state index contributed by atoms with van der Waals surface area (Å²) in [6.07, 6.45) is 1.21. The number of hydrazine groups is 1. The van der Waals surface area contributed by atoms with Gasteiger partial charge in [0.25, 0.3) is 0 Å². The Labute approximate surface area is 102 Å². The lowest BCUT2D eigenvalue weighted by molar-refractivity contribution is -0.121. The molecule has 0 aliphatic rings. The Hall–Kier alpha value is -1.55. The number of methoxy groups -OCH3 is 1. The molecule has 1 aromatic carbocycles. The summed E-state index contributed by atoms with van der Waals surface area (Å²) in [5, 5.41) is 0. The molecule has 0 saturated heterocycles. The van der Waals surface area contributed by atoms with Gasteiger partial charge in [-0.2, -0.15) is 0 Å². The molecule has 4 nitrogen and oxygen atoms in total. The first kappa shape index (κ1) is 13.5. The largest absolute Gasteiger partial charge is 0.496 e. The third-order valence-corrected chi connectivity index (χ3v) is 2.63. The minimum Gasteiger partial charge on any atom is -0.496 e. The number of rotatable bonds is 5. The number of amides is 1. The van der Waals surface area contributed by atoms with Crippen LogP contribution in [0.15, 0.2) is 12.1 Å². The van der Waals surface area contributed by atoms with Gasteiger partial charge in [-0.25, -0.2) is 5.43 Å². The van der Waals surface area contributed by atoms with Crippen LogP contribution in [0.3, 0.4) is 0 Å². The summed E-state index contributed by atoms with van der Waals surface area (Å²) in [5.41, 5.74) is 8.55. The first-order chi connectivity index (χ1) is 8.08. The van der Waals surface area contributed by atoms with E-state index in [0.717, 1.165) is 28.9 Å². The van der Waals surface area contributed by atoms with Crippen molar-refractivity contribution in [2.24, 2.45) is 0 Å². The normalized spacial score (nSPS) is 10.1. The van der Waals surface area contributed by atoms with Crippen LogP contribution in [-0.4, -0.2) is 20.1 Å². The van der Waals surface area contributed by atoms with Gasteiger partial charge in [0, 0.05) is 13.5 Å². The Balaban J connectivity index is 2.70. The third-order valence-electron chi connectivity index (χ3n) is 2.63. The summed E-state index contributed by atoms with van der Waals surface area (Å²) >= 11 is 0. The second-order valence-corrected chi connectivity index (χ2v) is 4.06. The van der Waals surface area contributed by atoms with Gasteiger partial charge < -0.3 is 4.74 Å². The highest BCUT2D eigenvalue weighted by atomic mass is 16.5. The molecule has 4 heteroatoms. The molecule has 0 saturated carbocycles. The van der Waals surface area contributed by atoms with E-state index in [9.17, 15) is 4.79 Å². The standard InChI is InChI=1S/C13H20N2O2/c1-9-7-11(5-6-12(16)15-14-3)8-10(2)13(9)17-4/h7-8,14H,5-6H2,1-4H3,(H,15,16). The maximum absolute atomic E-state index is 11.3. The van der Waals surface area contributed by atoms with Gasteiger partial charge in [0.2, 0.25) is 5.91 Å². The van der Waals surface area contributed by atoms with Gasteiger partial charge in [0.15, 0.2) is 0 Å². The molecule has 0 aliphatic heterocycles. The summed E-state index contributed by atoms with van der Waals surface area (Å²) in [6, 6.07) is 4.14. The number of hydrogen-bond donors (Lipinski definition) is 2. The summed E-state index contributed by atoms with van der Waals surface area (Å²) in [5.74, 6) is 0.923. The van der Waals surface area contributed by atoms with Gasteiger partial charge >= 0.3 is 0 Å². The minimum absolute atomic E-state index is 0.00127. The molecule has 0 radical (unpaired) electrons. The fraction of sp³-hybridized carbons (Fsp3) is 0.462. The van der Waals surface area contributed by atoms with E-state index in [-0.39, 0.29) is 5.91 Å². The number of nitrogens with one attached hydrogen (secondary N) is 2. The van der Waals surface area contributed by atoms with E-state index in [1.54, 1.807) is 14.2 Å². The van der Waals surface area contributed by atoms with Crippen molar-refractivity contribution < 1.29 is 9.53 Å². The Morgan fingerprint density at radius 2 is 1.88 bits per heavy atom. The zero-order valence-corrected chi connectivity index (χ0v) is 10.9. The highest BCUT2D eigenvalue weighted by Crippen LogP contribution is 2.24. The quantitative estimate of drug-likeness (QED) is 0.762. The molecule has 1 amide bonds. The van der Waals surface area contributed by atoms with Crippen LogP contribution in [0.1, 0.15) is 23.1 Å². The average Bonchev–Trinajstić information content (AvgIpc) is 2.26. The molecule has 1 aromatic rings. The molecular weight excluding hydrogens is 216 g/mol. The molecular formula is C13H20N2O2. The number of carbonyl (C=O) groups is 1. The van der Waals surface area contributed by atoms with E-state index in [1.807, 2.05) is 13.8 Å². The molecule has 0 aliphatic carbocycles. The Morgan fingerprint density at radius 3 is 2.35 bits per heavy atom. The van der Waals surface area contributed by atoms with Crippen LogP contribution in [0.4, 0.5) is 0 Å². The molecule has 0 spiro atoms. The Morgan fingerprint density at radius 1 is 1.29 bits per heavy atom. The minimum atomic E-state index is -0.00127. The SMILES string of the molecule is CNNC(=O)CCc1cc(C)c(OC)c(C)c1. The molecule has 0 atom stereocenters. The van der Waals surface area contributed by atoms with E-state index in [1.165, 1.54) is 0 Å². The lowest BCUT2D eigenvalue weighted by Crippen LogP contribution is -2.34. The Kier molecular flexibility index (Phi) is 4.97. The molecule has 94 valence electrons. The fourth-order valence-corrected chi connectivity index (χ4v) is 1.97. The maximum atomic E-state index is 11.3. The van der Waals surface area contributed by atoms with Crippen molar-refractivity contribution in [2.45, 2.75) is 26.7 Å². The van der Waals surface area contributed by atoms with E-state index in [2.05, 4.69) is 23.0 Å². The summed E-state index contributed by atoms with van der Waals surface area (Å²) in [6.45, 7) is 4.03. The van der Waals surface area contributed by atoms with Crippen molar-refractivity contribution in [3.63, 3.8) is 0 Å². The van der Waals surface area contributed by atoms with E-state index >= 15 is 0 Å². The second kappa shape index (κ2) is 6.25. The number of carbonyl (C=O) groups excluding carboxylic acids is 1. The predicted molar refractivity (Wildman–Crippen MR) is 68.0 cm³/mol. The van der Waals surface area contributed by atoms with Gasteiger partial charge in [-0.3, -0.25) is 10.2 Å². The number of aryl methyl sites for hydroxylation is 3. The van der Waals surface area contributed by atoms with E-state index in [4.69, 9.17) is 4.74 Å². The first-order valence-electron chi connectivity index (χ1n) is 5.68. The van der Waals surface area contributed by atoms with Gasteiger partial charge in [0.1, 0.15) is 5.75 Å². The van der Waals surface area contributed by atoms with Crippen molar-refractivity contribution in [3.8, 4) is 5.75 Å². The summed E-state index contributed by atoms with van der Waals surface area (Å²) in [4.78, 5) is 11.3. The van der Waals surface area contributed by atoms with Crippen molar-refractivity contribution in [2.75, 3.05) is 14.2 Å². The third kappa shape index (κ3) is 3.75. The van der Waals surface area contributed by atoms with Crippen molar-refractivity contribution in [1.29, 1.82) is 0 Å². The van der Waals surface area contributed by atoms with Gasteiger partial charge in [0.05, 0.1) is 7.11 Å². The second-order valence-electron chi connectivity index (χ2n) is 4.06.